The van der Waals surface area contributed by atoms with Gasteiger partial charge in [0, 0.05) is 0 Å². The van der Waals surface area contributed by atoms with Crippen molar-refractivity contribution in [3.63, 3.8) is 0 Å². The lowest BCUT2D eigenvalue weighted by molar-refractivity contribution is 0.355. The zero-order valence-electron chi connectivity index (χ0n) is 14.3. The number of sulfonamides is 1. The van der Waals surface area contributed by atoms with Crippen LogP contribution in [-0.2, 0) is 15.8 Å². The largest absolute Gasteiger partial charge is 0.493 e. The van der Waals surface area contributed by atoms with E-state index in [0.717, 1.165) is 0 Å². The van der Waals surface area contributed by atoms with E-state index in [-0.39, 0.29) is 11.6 Å². The molecular weight excluding hydrogens is 356 g/mol. The molecule has 2 aromatic carbocycles. The monoisotopic (exact) mass is 374 g/mol. The summed E-state index contributed by atoms with van der Waals surface area (Å²) in [5.74, 6) is 0.969. The summed E-state index contributed by atoms with van der Waals surface area (Å²) in [7, 11) is -0.588. The van der Waals surface area contributed by atoms with E-state index in [4.69, 9.17) is 14.0 Å². The summed E-state index contributed by atoms with van der Waals surface area (Å²) in [6.07, 6.45) is 1.45. The fourth-order valence-corrected chi connectivity index (χ4v) is 3.63. The molecule has 8 heteroatoms. The number of aromatic nitrogens is 1. The second-order valence-electron chi connectivity index (χ2n) is 5.49. The minimum atomic E-state index is -3.66. The van der Waals surface area contributed by atoms with Crippen molar-refractivity contribution in [3.8, 4) is 22.6 Å². The first kappa shape index (κ1) is 17.8. The van der Waals surface area contributed by atoms with E-state index < -0.39 is 10.0 Å². The molecule has 0 aliphatic heterocycles. The van der Waals surface area contributed by atoms with Gasteiger partial charge in [-0.3, -0.25) is 4.72 Å². The van der Waals surface area contributed by atoms with Gasteiger partial charge in [-0.25, -0.2) is 8.42 Å². The average molecular weight is 374 g/mol. The third-order valence-corrected chi connectivity index (χ3v) is 4.92. The van der Waals surface area contributed by atoms with Crippen molar-refractivity contribution in [1.82, 2.24) is 5.16 Å². The second-order valence-corrected chi connectivity index (χ2v) is 7.21. The summed E-state index contributed by atoms with van der Waals surface area (Å²) in [4.78, 5) is 0. The van der Waals surface area contributed by atoms with Crippen molar-refractivity contribution < 1.29 is 22.4 Å². The van der Waals surface area contributed by atoms with Crippen LogP contribution in [0, 0.1) is 0 Å². The topological polar surface area (TPSA) is 90.7 Å². The Kier molecular flexibility index (Phi) is 5.13. The van der Waals surface area contributed by atoms with Gasteiger partial charge in [-0.15, -0.1) is 0 Å². The number of hydrogen-bond acceptors (Lipinski definition) is 6. The summed E-state index contributed by atoms with van der Waals surface area (Å²) in [6.45, 7) is 0. The maximum atomic E-state index is 12.4. The summed E-state index contributed by atoms with van der Waals surface area (Å²) in [5.41, 5.74) is 1.86. The Morgan fingerprint density at radius 1 is 1.04 bits per heavy atom. The standard InChI is InChI=1S/C18H18N2O5S/c1-23-16-9-8-14(10-17(16)24-2)15-11-19-25-18(15)20-26(21,22)12-13-6-4-3-5-7-13/h3-11,20H,12H2,1-2H3. The zero-order chi connectivity index (χ0) is 18.6. The third-order valence-electron chi connectivity index (χ3n) is 3.71. The molecule has 0 fully saturated rings. The lowest BCUT2D eigenvalue weighted by Gasteiger charge is -2.10. The van der Waals surface area contributed by atoms with Gasteiger partial charge < -0.3 is 14.0 Å². The molecule has 0 unspecified atom stereocenters. The SMILES string of the molecule is COc1ccc(-c2cnoc2NS(=O)(=O)Cc2ccccc2)cc1OC. The van der Waals surface area contributed by atoms with E-state index in [9.17, 15) is 8.42 Å². The Morgan fingerprint density at radius 2 is 1.77 bits per heavy atom. The van der Waals surface area contributed by atoms with Crippen LogP contribution in [0.4, 0.5) is 5.88 Å². The van der Waals surface area contributed by atoms with Crippen molar-refractivity contribution in [2.75, 3.05) is 18.9 Å². The van der Waals surface area contributed by atoms with Gasteiger partial charge in [0.2, 0.25) is 15.9 Å². The van der Waals surface area contributed by atoms with Gasteiger partial charge >= 0.3 is 0 Å². The lowest BCUT2D eigenvalue weighted by Crippen LogP contribution is -2.15. The highest BCUT2D eigenvalue weighted by molar-refractivity contribution is 7.91. The molecule has 0 amide bonds. The summed E-state index contributed by atoms with van der Waals surface area (Å²) in [5, 5.41) is 3.71. The normalized spacial score (nSPS) is 11.2. The van der Waals surface area contributed by atoms with Gasteiger partial charge in [-0.1, -0.05) is 41.6 Å². The maximum absolute atomic E-state index is 12.4. The molecule has 0 atom stereocenters. The lowest BCUT2D eigenvalue weighted by atomic mass is 10.1. The molecule has 0 spiro atoms. The first-order valence-electron chi connectivity index (χ1n) is 7.74. The Labute approximate surface area is 151 Å². The molecule has 1 N–H and O–H groups in total. The van der Waals surface area contributed by atoms with Gasteiger partial charge in [-0.05, 0) is 23.3 Å². The molecule has 0 aliphatic rings. The minimum absolute atomic E-state index is 0.0492. The van der Waals surface area contributed by atoms with Crippen LogP contribution in [0.5, 0.6) is 11.5 Å². The summed E-state index contributed by atoms with van der Waals surface area (Å²) in [6, 6.07) is 14.1. The number of methoxy groups -OCH3 is 2. The van der Waals surface area contributed by atoms with Gasteiger partial charge in [0.05, 0.1) is 31.7 Å². The van der Waals surface area contributed by atoms with Crippen molar-refractivity contribution in [2.24, 2.45) is 0 Å². The van der Waals surface area contributed by atoms with Crippen molar-refractivity contribution >= 4 is 15.9 Å². The van der Waals surface area contributed by atoms with Crippen molar-refractivity contribution in [3.05, 3.63) is 60.3 Å². The number of ether oxygens (including phenoxy) is 2. The fraction of sp³-hybridized carbons (Fsp3) is 0.167. The molecule has 0 saturated heterocycles. The number of nitrogens with zero attached hydrogens (tertiary/aromatic N) is 1. The smallest absolute Gasteiger partial charge is 0.245 e. The predicted molar refractivity (Wildman–Crippen MR) is 97.7 cm³/mol. The van der Waals surface area contributed by atoms with Gasteiger partial charge in [0.25, 0.3) is 0 Å². The summed E-state index contributed by atoms with van der Waals surface area (Å²) >= 11 is 0. The van der Waals surface area contributed by atoms with E-state index in [1.807, 2.05) is 6.07 Å². The molecule has 136 valence electrons. The molecule has 0 aliphatic carbocycles. The van der Waals surface area contributed by atoms with E-state index in [2.05, 4.69) is 9.88 Å². The highest BCUT2D eigenvalue weighted by Gasteiger charge is 2.19. The zero-order valence-corrected chi connectivity index (χ0v) is 15.1. The number of hydrogen-bond donors (Lipinski definition) is 1. The number of benzene rings is 2. The molecule has 1 aromatic heterocycles. The fourth-order valence-electron chi connectivity index (χ4n) is 2.49. The van der Waals surface area contributed by atoms with Crippen LogP contribution in [0.15, 0.2) is 59.3 Å². The van der Waals surface area contributed by atoms with Crippen LogP contribution in [0.2, 0.25) is 0 Å². The molecule has 26 heavy (non-hydrogen) atoms. The van der Waals surface area contributed by atoms with Crippen LogP contribution in [0.1, 0.15) is 5.56 Å². The third kappa shape index (κ3) is 3.97. The van der Waals surface area contributed by atoms with Gasteiger partial charge in [-0.2, -0.15) is 0 Å². The molecule has 0 bridgehead atoms. The minimum Gasteiger partial charge on any atom is -0.493 e. The summed E-state index contributed by atoms with van der Waals surface area (Å²) < 4.78 is 42.9. The van der Waals surface area contributed by atoms with Crippen molar-refractivity contribution in [1.29, 1.82) is 0 Å². The van der Waals surface area contributed by atoms with E-state index in [0.29, 0.717) is 28.2 Å². The average Bonchev–Trinajstić information content (AvgIpc) is 3.08. The van der Waals surface area contributed by atoms with Crippen LogP contribution in [0.3, 0.4) is 0 Å². The van der Waals surface area contributed by atoms with Crippen molar-refractivity contribution in [2.45, 2.75) is 5.75 Å². The predicted octanol–water partition coefficient (Wildman–Crippen LogP) is 3.30. The van der Waals surface area contributed by atoms with E-state index in [1.165, 1.54) is 13.3 Å². The highest BCUT2D eigenvalue weighted by Crippen LogP contribution is 2.35. The molecule has 0 saturated carbocycles. The van der Waals surface area contributed by atoms with Crippen LogP contribution >= 0.6 is 0 Å². The number of rotatable bonds is 7. The van der Waals surface area contributed by atoms with Gasteiger partial charge in [0.1, 0.15) is 0 Å². The van der Waals surface area contributed by atoms with Crippen LogP contribution in [-0.4, -0.2) is 27.8 Å². The Bertz CT molecular complexity index is 984. The Balaban J connectivity index is 1.87. The first-order valence-corrected chi connectivity index (χ1v) is 9.39. The molecular formula is C18H18N2O5S. The van der Waals surface area contributed by atoms with E-state index >= 15 is 0 Å². The van der Waals surface area contributed by atoms with Gasteiger partial charge in [0.15, 0.2) is 11.5 Å². The molecule has 3 aromatic rings. The van der Waals surface area contributed by atoms with E-state index in [1.54, 1.807) is 49.6 Å². The number of anilines is 1. The molecule has 1 heterocycles. The Hall–Kier alpha value is -3.00. The van der Waals surface area contributed by atoms with Crippen LogP contribution < -0.4 is 14.2 Å². The Morgan fingerprint density at radius 3 is 2.46 bits per heavy atom. The van der Waals surface area contributed by atoms with Crippen LogP contribution in [0.25, 0.3) is 11.1 Å². The maximum Gasteiger partial charge on any atom is 0.245 e. The molecule has 3 rings (SSSR count). The first-order chi connectivity index (χ1) is 12.5. The highest BCUT2D eigenvalue weighted by atomic mass is 32.2. The molecule has 7 nitrogen and oxygen atoms in total. The molecule has 0 radical (unpaired) electrons. The quantitative estimate of drug-likeness (QED) is 0.682. The second kappa shape index (κ2) is 7.49. The number of nitrogens with one attached hydrogen (secondary N) is 1.